The summed E-state index contributed by atoms with van der Waals surface area (Å²) in [5.41, 5.74) is 8.82. The topological polar surface area (TPSA) is 61.6 Å². The number of hydrogen-bond donors (Lipinski definition) is 1. The normalized spacial score (nSPS) is 18.6. The van der Waals surface area contributed by atoms with Crippen LogP contribution in [-0.4, -0.2) is 39.8 Å². The molecule has 2 aromatic rings. The lowest BCUT2D eigenvalue weighted by Crippen LogP contribution is -2.52. The Labute approximate surface area is 160 Å². The highest BCUT2D eigenvalue weighted by molar-refractivity contribution is 6.09. The van der Waals surface area contributed by atoms with Crippen LogP contribution in [0.4, 0.5) is 5.69 Å². The van der Waals surface area contributed by atoms with E-state index >= 15 is 0 Å². The second-order valence-corrected chi connectivity index (χ2v) is 6.08. The summed E-state index contributed by atoms with van der Waals surface area (Å²) < 4.78 is 11.0. The van der Waals surface area contributed by atoms with Gasteiger partial charge in [0.2, 0.25) is 0 Å². The molecule has 0 saturated heterocycles. The number of nitrogens with zero attached hydrogens (tertiary/aromatic N) is 1. The van der Waals surface area contributed by atoms with Crippen LogP contribution in [0.2, 0.25) is 0 Å². The van der Waals surface area contributed by atoms with Crippen LogP contribution in [0.1, 0.15) is 15.9 Å². The maximum Gasteiger partial charge on any atom is 0.356 e. The highest BCUT2D eigenvalue weighted by Crippen LogP contribution is 2.36. The van der Waals surface area contributed by atoms with Crippen molar-refractivity contribution in [3.63, 3.8) is 0 Å². The van der Waals surface area contributed by atoms with Gasteiger partial charge in [-0.25, -0.2) is 4.79 Å². The fraction of sp³-hybridized carbons (Fsp3) is 0.250. The summed E-state index contributed by atoms with van der Waals surface area (Å²) in [6.45, 7) is 1.23. The smallest absolute Gasteiger partial charge is 0.356 e. The first-order valence-electron chi connectivity index (χ1n) is 8.25. The Balaban J connectivity index is 0.00000243. The predicted molar refractivity (Wildman–Crippen MR) is 107 cm³/mol. The number of ether oxygens (including phenoxy) is 2. The van der Waals surface area contributed by atoms with Crippen molar-refractivity contribution in [1.82, 2.24) is 4.48 Å². The number of benzene rings is 2. The number of carbonyl (C=O) groups excluding carboxylic acids is 1. The quantitative estimate of drug-likeness (QED) is 0.622. The van der Waals surface area contributed by atoms with Gasteiger partial charge in [0.05, 0.1) is 26.3 Å². The maximum absolute atomic E-state index is 13.4. The van der Waals surface area contributed by atoms with Crippen LogP contribution in [0.25, 0.3) is 6.08 Å². The summed E-state index contributed by atoms with van der Waals surface area (Å²) in [5, 5.41) is 0. The fourth-order valence-electron chi connectivity index (χ4n) is 3.10. The zero-order valence-electron chi connectivity index (χ0n) is 15.0. The van der Waals surface area contributed by atoms with Crippen LogP contribution in [0.15, 0.2) is 54.2 Å². The first-order chi connectivity index (χ1) is 12.1. The maximum atomic E-state index is 13.4. The van der Waals surface area contributed by atoms with Crippen molar-refractivity contribution in [1.29, 1.82) is 0 Å². The molecule has 0 aromatic heterocycles. The molecule has 138 valence electrons. The third-order valence-corrected chi connectivity index (χ3v) is 4.58. The first-order valence-corrected chi connectivity index (χ1v) is 8.25. The highest BCUT2D eigenvalue weighted by Gasteiger charge is 2.43. The molecule has 26 heavy (non-hydrogen) atoms. The lowest BCUT2D eigenvalue weighted by Gasteiger charge is -2.35. The number of rotatable bonds is 6. The summed E-state index contributed by atoms with van der Waals surface area (Å²) in [6.07, 6.45) is 2.02. The summed E-state index contributed by atoms with van der Waals surface area (Å²) in [6, 6.07) is 15.3. The van der Waals surface area contributed by atoms with Gasteiger partial charge in [-0.2, -0.15) is 4.48 Å². The Morgan fingerprint density at radius 2 is 1.85 bits per heavy atom. The molecular weight excluding hydrogens is 352 g/mol. The van der Waals surface area contributed by atoms with Gasteiger partial charge in [-0.1, -0.05) is 18.2 Å². The van der Waals surface area contributed by atoms with E-state index in [4.69, 9.17) is 15.2 Å². The molecule has 1 aliphatic rings. The van der Waals surface area contributed by atoms with E-state index in [2.05, 4.69) is 0 Å². The van der Waals surface area contributed by atoms with E-state index in [0.29, 0.717) is 25.3 Å². The average Bonchev–Trinajstić information content (AvgIpc) is 2.66. The molecule has 2 N–H and O–H groups in total. The highest BCUT2D eigenvalue weighted by atomic mass is 35.5. The number of halogens is 1. The van der Waals surface area contributed by atoms with Gasteiger partial charge in [0.15, 0.2) is 0 Å². The average molecular weight is 376 g/mol. The molecule has 1 unspecified atom stereocenters. The monoisotopic (exact) mass is 375 g/mol. The minimum Gasteiger partial charge on any atom is -0.497 e. The number of quaternary nitrogens is 1. The van der Waals surface area contributed by atoms with Crippen molar-refractivity contribution >= 4 is 30.1 Å². The Morgan fingerprint density at radius 3 is 2.50 bits per heavy atom. The number of fused-ring (bicyclic) bond motifs is 1. The molecule has 1 amide bonds. The van der Waals surface area contributed by atoms with E-state index in [1.165, 1.54) is 0 Å². The van der Waals surface area contributed by atoms with Crippen LogP contribution in [0.5, 0.6) is 5.75 Å². The van der Waals surface area contributed by atoms with Gasteiger partial charge in [0.1, 0.15) is 23.7 Å². The molecule has 0 bridgehead atoms. The number of carbonyl (C=O) groups is 1. The number of para-hydroxylation sites is 1. The lowest BCUT2D eigenvalue weighted by atomic mass is 9.97. The molecular formula is C20H24ClN2O3+. The SMILES string of the molecule is COc1ccc2c(c1)C=C(COCCN)[N+](C)(c1ccccc1)C2=O.Cl. The zero-order chi connectivity index (χ0) is 17.9. The molecule has 0 spiro atoms. The number of hydrogen-bond acceptors (Lipinski definition) is 4. The van der Waals surface area contributed by atoms with E-state index in [0.717, 1.165) is 22.7 Å². The molecule has 2 aromatic carbocycles. The van der Waals surface area contributed by atoms with Gasteiger partial charge in [-0.05, 0) is 18.2 Å². The van der Waals surface area contributed by atoms with Crippen LogP contribution < -0.4 is 15.0 Å². The first kappa shape index (κ1) is 20.1. The Kier molecular flexibility index (Phi) is 6.56. The van der Waals surface area contributed by atoms with Crippen LogP contribution >= 0.6 is 12.4 Å². The van der Waals surface area contributed by atoms with Gasteiger partial charge in [-0.15, -0.1) is 12.4 Å². The molecule has 0 aliphatic carbocycles. The molecule has 5 nitrogen and oxygen atoms in total. The number of amides is 1. The van der Waals surface area contributed by atoms with Gasteiger partial charge in [0, 0.05) is 30.3 Å². The van der Waals surface area contributed by atoms with Crippen LogP contribution in [0.3, 0.4) is 0 Å². The van der Waals surface area contributed by atoms with Crippen molar-refractivity contribution in [2.24, 2.45) is 5.73 Å². The number of nitrogens with two attached hydrogens (primary N) is 1. The van der Waals surface area contributed by atoms with Crippen molar-refractivity contribution < 1.29 is 14.3 Å². The van der Waals surface area contributed by atoms with Crippen molar-refractivity contribution in [3.05, 3.63) is 65.4 Å². The molecule has 1 aliphatic heterocycles. The van der Waals surface area contributed by atoms with Crippen molar-refractivity contribution in [2.45, 2.75) is 0 Å². The van der Waals surface area contributed by atoms with Gasteiger partial charge in [0.25, 0.3) is 0 Å². The number of methoxy groups -OCH3 is 1. The number of likely N-dealkylation sites (N-methyl/N-ethyl adjacent to an activating group) is 1. The fourth-order valence-corrected chi connectivity index (χ4v) is 3.10. The van der Waals surface area contributed by atoms with Crippen LogP contribution in [0, 0.1) is 0 Å². The van der Waals surface area contributed by atoms with Crippen molar-refractivity contribution in [2.75, 3.05) is 33.9 Å². The third kappa shape index (κ3) is 3.52. The summed E-state index contributed by atoms with van der Waals surface area (Å²) in [4.78, 5) is 13.4. The van der Waals surface area contributed by atoms with Crippen LogP contribution in [-0.2, 0) is 4.74 Å². The van der Waals surface area contributed by atoms with E-state index in [-0.39, 0.29) is 22.8 Å². The molecule has 6 heteroatoms. The molecule has 1 heterocycles. The van der Waals surface area contributed by atoms with Gasteiger partial charge < -0.3 is 15.2 Å². The van der Waals surface area contributed by atoms with E-state index < -0.39 is 0 Å². The van der Waals surface area contributed by atoms with E-state index in [1.807, 2.05) is 61.7 Å². The van der Waals surface area contributed by atoms with Crippen molar-refractivity contribution in [3.8, 4) is 5.75 Å². The Bertz CT molecular complexity index is 808. The predicted octanol–water partition coefficient (Wildman–Crippen LogP) is 3.22. The second kappa shape index (κ2) is 8.47. The summed E-state index contributed by atoms with van der Waals surface area (Å²) >= 11 is 0. The molecule has 0 radical (unpaired) electrons. The minimum absolute atomic E-state index is 0. The lowest BCUT2D eigenvalue weighted by molar-refractivity contribution is 0.0793. The van der Waals surface area contributed by atoms with Gasteiger partial charge in [-0.3, -0.25) is 0 Å². The standard InChI is InChI=1S/C20H23N2O3.ClH/c1-22(16-6-4-3-5-7-16)17(14-25-11-10-21)12-15-13-18(24-2)8-9-19(15)20(22)23;/h3-9,12-13H,10-11,14,21H2,1-2H3;1H/q+1;. The summed E-state index contributed by atoms with van der Waals surface area (Å²) in [7, 11) is 3.52. The zero-order valence-corrected chi connectivity index (χ0v) is 15.8. The molecule has 0 saturated carbocycles. The third-order valence-electron chi connectivity index (χ3n) is 4.58. The van der Waals surface area contributed by atoms with E-state index in [9.17, 15) is 4.79 Å². The van der Waals surface area contributed by atoms with Gasteiger partial charge >= 0.3 is 5.91 Å². The second-order valence-electron chi connectivity index (χ2n) is 6.08. The largest absolute Gasteiger partial charge is 0.497 e. The van der Waals surface area contributed by atoms with E-state index in [1.54, 1.807) is 7.11 Å². The summed E-state index contributed by atoms with van der Waals surface area (Å²) in [5.74, 6) is 0.735. The Hall–Kier alpha value is -2.18. The Morgan fingerprint density at radius 1 is 1.12 bits per heavy atom. The molecule has 0 fully saturated rings. The molecule has 1 atom stereocenters. The molecule has 3 rings (SSSR count). The minimum atomic E-state index is 0.